The Hall–Kier alpha value is -3.19. The van der Waals surface area contributed by atoms with E-state index in [0.29, 0.717) is 11.3 Å². The third kappa shape index (κ3) is 5.39. The van der Waals surface area contributed by atoms with Crippen LogP contribution in [0.2, 0.25) is 0 Å². The molecule has 0 spiro atoms. The Balaban J connectivity index is 1.62. The molecule has 2 aliphatic rings. The second-order valence-electron chi connectivity index (χ2n) is 7.39. The minimum Gasteiger partial charge on any atom is -0.463 e. The third-order valence-electron chi connectivity index (χ3n) is 3.87. The number of rotatable bonds is 3. The van der Waals surface area contributed by atoms with Crippen molar-refractivity contribution in [2.24, 2.45) is 5.41 Å². The standard InChI is InChI=1S/C23H23NO3/c1-23(2,3)14-13-17-9-11-19(12-10-17)22(25)24-21-16-26-15-20(27-21)18-7-5-4-6-8-18/h4-5,7,9-12,15-16H,6,8H2,1-3H3,(H,24,25). The van der Waals surface area contributed by atoms with Gasteiger partial charge in [0.1, 0.15) is 6.26 Å². The predicted octanol–water partition coefficient (Wildman–Crippen LogP) is 4.78. The van der Waals surface area contributed by atoms with Crippen molar-refractivity contribution in [2.75, 3.05) is 0 Å². The second-order valence-corrected chi connectivity index (χ2v) is 7.39. The van der Waals surface area contributed by atoms with Gasteiger partial charge < -0.3 is 9.47 Å². The first-order valence-corrected chi connectivity index (χ1v) is 8.95. The van der Waals surface area contributed by atoms with E-state index in [0.717, 1.165) is 24.0 Å². The average Bonchev–Trinajstić information content (AvgIpc) is 2.67. The van der Waals surface area contributed by atoms with Crippen LogP contribution in [0.15, 0.2) is 72.2 Å². The largest absolute Gasteiger partial charge is 0.463 e. The summed E-state index contributed by atoms with van der Waals surface area (Å²) in [6.07, 6.45) is 10.8. The minimum atomic E-state index is -0.265. The molecule has 0 aromatic heterocycles. The quantitative estimate of drug-likeness (QED) is 0.789. The van der Waals surface area contributed by atoms with Crippen molar-refractivity contribution in [3.05, 3.63) is 83.4 Å². The topological polar surface area (TPSA) is 47.6 Å². The van der Waals surface area contributed by atoms with Crippen LogP contribution >= 0.6 is 0 Å². The number of hydrogen-bond donors (Lipinski definition) is 1. The highest BCUT2D eigenvalue weighted by Gasteiger charge is 2.17. The molecule has 1 amide bonds. The molecule has 1 heterocycles. The maximum atomic E-state index is 12.5. The van der Waals surface area contributed by atoms with E-state index in [-0.39, 0.29) is 17.2 Å². The summed E-state index contributed by atoms with van der Waals surface area (Å²) < 4.78 is 11.1. The van der Waals surface area contributed by atoms with Crippen LogP contribution in [0.3, 0.4) is 0 Å². The van der Waals surface area contributed by atoms with E-state index in [1.165, 1.54) is 6.26 Å². The molecule has 138 valence electrons. The van der Waals surface area contributed by atoms with E-state index in [9.17, 15) is 4.79 Å². The first-order valence-electron chi connectivity index (χ1n) is 8.95. The van der Waals surface area contributed by atoms with Crippen LogP contribution in [-0.4, -0.2) is 5.91 Å². The minimum absolute atomic E-state index is 0.0599. The average molecular weight is 361 g/mol. The van der Waals surface area contributed by atoms with Crippen molar-refractivity contribution in [3.8, 4) is 11.8 Å². The highest BCUT2D eigenvalue weighted by atomic mass is 16.6. The zero-order valence-corrected chi connectivity index (χ0v) is 15.8. The number of benzene rings is 1. The maximum absolute atomic E-state index is 12.5. The lowest BCUT2D eigenvalue weighted by atomic mass is 9.97. The molecule has 0 radical (unpaired) electrons. The van der Waals surface area contributed by atoms with Gasteiger partial charge >= 0.3 is 0 Å². The Kier molecular flexibility index (Phi) is 5.52. The van der Waals surface area contributed by atoms with Gasteiger partial charge in [-0.2, -0.15) is 0 Å². The number of hydrogen-bond acceptors (Lipinski definition) is 3. The van der Waals surface area contributed by atoms with Crippen molar-refractivity contribution in [2.45, 2.75) is 33.6 Å². The van der Waals surface area contributed by atoms with Crippen LogP contribution < -0.4 is 5.32 Å². The molecule has 4 heteroatoms. The molecule has 0 unspecified atom stereocenters. The molecule has 1 aromatic carbocycles. The molecule has 0 saturated heterocycles. The number of carbonyl (C=O) groups is 1. The summed E-state index contributed by atoms with van der Waals surface area (Å²) in [6.45, 7) is 6.18. The van der Waals surface area contributed by atoms with Gasteiger partial charge in [0, 0.05) is 16.5 Å². The SMILES string of the molecule is CC(C)(C)C#Cc1ccc(C(=O)NC2=COC=C(C3=CC=CCC3)O2)cc1. The van der Waals surface area contributed by atoms with Crippen molar-refractivity contribution in [1.29, 1.82) is 0 Å². The number of nitrogens with one attached hydrogen (secondary N) is 1. The fourth-order valence-electron chi connectivity index (χ4n) is 2.48. The van der Waals surface area contributed by atoms with Crippen LogP contribution in [0.1, 0.15) is 49.5 Å². The molecule has 0 fully saturated rings. The van der Waals surface area contributed by atoms with Gasteiger partial charge in [-0.3, -0.25) is 10.1 Å². The van der Waals surface area contributed by atoms with Crippen LogP contribution in [0.25, 0.3) is 0 Å². The van der Waals surface area contributed by atoms with Crippen LogP contribution in [0, 0.1) is 17.3 Å². The summed E-state index contributed by atoms with van der Waals surface area (Å²) in [7, 11) is 0. The maximum Gasteiger partial charge on any atom is 0.258 e. The van der Waals surface area contributed by atoms with E-state index in [2.05, 4.69) is 44.0 Å². The van der Waals surface area contributed by atoms with E-state index in [1.807, 2.05) is 24.3 Å². The van der Waals surface area contributed by atoms with Crippen molar-refractivity contribution in [1.82, 2.24) is 5.32 Å². The third-order valence-corrected chi connectivity index (χ3v) is 3.87. The van der Waals surface area contributed by atoms with Crippen molar-refractivity contribution in [3.63, 3.8) is 0 Å². The van der Waals surface area contributed by atoms with Crippen molar-refractivity contribution >= 4 is 5.91 Å². The molecule has 0 atom stereocenters. The first kappa shape index (κ1) is 18.6. The van der Waals surface area contributed by atoms with Crippen LogP contribution in [0.5, 0.6) is 0 Å². The zero-order chi connectivity index (χ0) is 19.3. The lowest BCUT2D eigenvalue weighted by molar-refractivity contribution is 0.0925. The van der Waals surface area contributed by atoms with E-state index < -0.39 is 0 Å². The number of amides is 1. The summed E-state index contributed by atoms with van der Waals surface area (Å²) in [5.74, 6) is 6.91. The fourth-order valence-corrected chi connectivity index (χ4v) is 2.48. The molecular formula is C23H23NO3. The molecule has 4 nitrogen and oxygen atoms in total. The predicted molar refractivity (Wildman–Crippen MR) is 105 cm³/mol. The summed E-state index contributed by atoms with van der Waals surface area (Å²) >= 11 is 0. The Morgan fingerprint density at radius 3 is 2.59 bits per heavy atom. The summed E-state index contributed by atoms with van der Waals surface area (Å²) in [6, 6.07) is 7.17. The van der Waals surface area contributed by atoms with Crippen LogP contribution in [-0.2, 0) is 9.47 Å². The molecule has 1 aliphatic heterocycles. The summed E-state index contributed by atoms with van der Waals surface area (Å²) in [5.41, 5.74) is 2.38. The normalized spacial score (nSPS) is 15.9. The molecule has 1 aromatic rings. The molecule has 27 heavy (non-hydrogen) atoms. The molecular weight excluding hydrogens is 338 g/mol. The lowest BCUT2D eigenvalue weighted by Crippen LogP contribution is -2.25. The number of allylic oxidation sites excluding steroid dienone is 4. The van der Waals surface area contributed by atoms with Gasteiger partial charge in [0.25, 0.3) is 5.91 Å². The molecule has 1 aliphatic carbocycles. The fraction of sp³-hybridized carbons (Fsp3) is 0.261. The van der Waals surface area contributed by atoms with Gasteiger partial charge in [-0.05, 0) is 63.5 Å². The second kappa shape index (κ2) is 8.01. The first-order chi connectivity index (χ1) is 12.9. The van der Waals surface area contributed by atoms with Crippen LogP contribution in [0.4, 0.5) is 0 Å². The Bertz CT molecular complexity index is 898. The van der Waals surface area contributed by atoms with Gasteiger partial charge in [-0.15, -0.1) is 0 Å². The summed E-state index contributed by atoms with van der Waals surface area (Å²) in [5, 5.41) is 2.73. The zero-order valence-electron chi connectivity index (χ0n) is 15.8. The number of ether oxygens (including phenoxy) is 2. The Morgan fingerprint density at radius 1 is 1.15 bits per heavy atom. The van der Waals surface area contributed by atoms with Crippen molar-refractivity contribution < 1.29 is 14.3 Å². The lowest BCUT2D eigenvalue weighted by Gasteiger charge is -2.19. The smallest absolute Gasteiger partial charge is 0.258 e. The molecule has 3 rings (SSSR count). The van der Waals surface area contributed by atoms with Gasteiger partial charge in [-0.25, -0.2) is 0 Å². The van der Waals surface area contributed by atoms with Gasteiger partial charge in [0.05, 0.1) is 0 Å². The van der Waals surface area contributed by atoms with Gasteiger partial charge in [0.2, 0.25) is 5.88 Å². The molecule has 1 N–H and O–H groups in total. The van der Waals surface area contributed by atoms with Gasteiger partial charge in [-0.1, -0.05) is 30.1 Å². The molecule has 0 bridgehead atoms. The highest BCUT2D eigenvalue weighted by molar-refractivity contribution is 5.95. The van der Waals surface area contributed by atoms with E-state index >= 15 is 0 Å². The highest BCUT2D eigenvalue weighted by Crippen LogP contribution is 2.25. The molecule has 0 saturated carbocycles. The van der Waals surface area contributed by atoms with Gasteiger partial charge in [0.15, 0.2) is 12.0 Å². The Morgan fingerprint density at radius 2 is 1.93 bits per heavy atom. The van der Waals surface area contributed by atoms with E-state index in [1.54, 1.807) is 18.4 Å². The van der Waals surface area contributed by atoms with E-state index in [4.69, 9.17) is 9.47 Å². The monoisotopic (exact) mass is 361 g/mol. The Labute approximate surface area is 160 Å². The summed E-state index contributed by atoms with van der Waals surface area (Å²) in [4.78, 5) is 12.5. The number of carbonyl (C=O) groups excluding carboxylic acids is 1.